The number of methoxy groups -OCH3 is 1. The minimum absolute atomic E-state index is 0.278. The van der Waals surface area contributed by atoms with Crippen molar-refractivity contribution in [3.05, 3.63) is 34.9 Å². The highest BCUT2D eigenvalue weighted by molar-refractivity contribution is 5.32. The smallest absolute Gasteiger partial charge is 0.0561 e. The largest absolute Gasteiger partial charge is 0.382 e. The molecule has 0 aromatic heterocycles. The van der Waals surface area contributed by atoms with Crippen LogP contribution >= 0.6 is 0 Å². The van der Waals surface area contributed by atoms with Gasteiger partial charge in [-0.2, -0.15) is 0 Å². The van der Waals surface area contributed by atoms with Gasteiger partial charge in [0, 0.05) is 13.2 Å². The van der Waals surface area contributed by atoms with Crippen LogP contribution < -0.4 is 5.32 Å². The van der Waals surface area contributed by atoms with Crippen LogP contribution in [-0.4, -0.2) is 19.8 Å². The fourth-order valence-electron chi connectivity index (χ4n) is 2.28. The van der Waals surface area contributed by atoms with E-state index in [1.165, 1.54) is 16.7 Å². The van der Waals surface area contributed by atoms with Crippen LogP contribution in [0.25, 0.3) is 0 Å². The summed E-state index contributed by atoms with van der Waals surface area (Å²) in [5.41, 5.74) is 4.09. The molecule has 0 radical (unpaired) electrons. The Hall–Kier alpha value is -0.860. The topological polar surface area (TPSA) is 21.3 Å². The van der Waals surface area contributed by atoms with Gasteiger partial charge < -0.3 is 10.1 Å². The molecule has 18 heavy (non-hydrogen) atoms. The summed E-state index contributed by atoms with van der Waals surface area (Å²) in [4.78, 5) is 0. The van der Waals surface area contributed by atoms with Crippen LogP contribution in [0.5, 0.6) is 0 Å². The van der Waals surface area contributed by atoms with Crippen molar-refractivity contribution < 1.29 is 4.74 Å². The van der Waals surface area contributed by atoms with E-state index < -0.39 is 0 Å². The summed E-state index contributed by atoms with van der Waals surface area (Å²) in [6.45, 7) is 9.72. The zero-order valence-corrected chi connectivity index (χ0v) is 12.4. The van der Waals surface area contributed by atoms with Crippen LogP contribution in [0, 0.1) is 13.8 Å². The highest BCUT2D eigenvalue weighted by atomic mass is 16.5. The van der Waals surface area contributed by atoms with Gasteiger partial charge in [0.15, 0.2) is 0 Å². The molecule has 2 unspecified atom stereocenters. The molecular formula is C16H27NO. The third-order valence-corrected chi connectivity index (χ3v) is 3.41. The Bertz CT molecular complexity index is 362. The predicted molar refractivity (Wildman–Crippen MR) is 78.0 cm³/mol. The summed E-state index contributed by atoms with van der Waals surface area (Å²) < 4.78 is 5.41. The minimum Gasteiger partial charge on any atom is -0.382 e. The van der Waals surface area contributed by atoms with Gasteiger partial charge in [-0.3, -0.25) is 0 Å². The third kappa shape index (κ3) is 4.43. The van der Waals surface area contributed by atoms with Crippen LogP contribution in [0.15, 0.2) is 18.2 Å². The lowest BCUT2D eigenvalue weighted by atomic mass is 9.95. The van der Waals surface area contributed by atoms with Crippen molar-refractivity contribution in [1.29, 1.82) is 0 Å². The second-order valence-electron chi connectivity index (χ2n) is 5.15. The summed E-state index contributed by atoms with van der Waals surface area (Å²) in [5, 5.41) is 3.63. The van der Waals surface area contributed by atoms with Crippen LogP contribution in [0.1, 0.15) is 49.4 Å². The highest BCUT2D eigenvalue weighted by Crippen LogP contribution is 2.23. The molecule has 0 fully saturated rings. The molecule has 2 atom stereocenters. The Morgan fingerprint density at radius 3 is 2.56 bits per heavy atom. The second-order valence-corrected chi connectivity index (χ2v) is 5.15. The first-order valence-electron chi connectivity index (χ1n) is 6.91. The summed E-state index contributed by atoms with van der Waals surface area (Å²) in [6, 6.07) is 7.09. The maximum Gasteiger partial charge on any atom is 0.0561 e. The highest BCUT2D eigenvalue weighted by Gasteiger charge is 2.16. The number of hydrogen-bond donors (Lipinski definition) is 1. The zero-order chi connectivity index (χ0) is 13.5. The van der Waals surface area contributed by atoms with Gasteiger partial charge in [-0.1, -0.05) is 30.7 Å². The summed E-state index contributed by atoms with van der Waals surface area (Å²) in [6.07, 6.45) is 2.45. The van der Waals surface area contributed by atoms with Gasteiger partial charge in [0.2, 0.25) is 0 Å². The van der Waals surface area contributed by atoms with Gasteiger partial charge in [0.05, 0.1) is 6.10 Å². The van der Waals surface area contributed by atoms with Crippen molar-refractivity contribution in [2.45, 2.75) is 52.7 Å². The predicted octanol–water partition coefficient (Wildman–Crippen LogP) is 3.77. The molecule has 1 rings (SSSR count). The molecule has 0 spiro atoms. The fraction of sp³-hybridized carbons (Fsp3) is 0.625. The fourth-order valence-corrected chi connectivity index (χ4v) is 2.28. The van der Waals surface area contributed by atoms with Gasteiger partial charge in [-0.25, -0.2) is 0 Å². The first kappa shape index (κ1) is 15.2. The number of rotatable bonds is 7. The SMILES string of the molecule is CCCNC(CC(C)OC)c1ccc(C)cc1C. The van der Waals surface area contributed by atoms with Crippen LogP contribution in [0.2, 0.25) is 0 Å². The Balaban J connectivity index is 2.86. The van der Waals surface area contributed by atoms with Gasteiger partial charge in [-0.15, -0.1) is 0 Å². The lowest BCUT2D eigenvalue weighted by Crippen LogP contribution is -2.26. The van der Waals surface area contributed by atoms with Crippen molar-refractivity contribution in [3.8, 4) is 0 Å². The van der Waals surface area contributed by atoms with Gasteiger partial charge >= 0.3 is 0 Å². The average Bonchev–Trinajstić information content (AvgIpc) is 2.34. The number of benzene rings is 1. The summed E-state index contributed by atoms with van der Waals surface area (Å²) >= 11 is 0. The van der Waals surface area contributed by atoms with Crippen molar-refractivity contribution in [2.24, 2.45) is 0 Å². The zero-order valence-electron chi connectivity index (χ0n) is 12.4. The molecule has 1 aromatic carbocycles. The van der Waals surface area contributed by atoms with Crippen molar-refractivity contribution >= 4 is 0 Å². The molecule has 0 saturated carbocycles. The molecule has 0 aliphatic carbocycles. The normalized spacial score (nSPS) is 14.5. The molecule has 0 saturated heterocycles. The van der Waals surface area contributed by atoms with E-state index in [9.17, 15) is 0 Å². The van der Waals surface area contributed by atoms with Crippen molar-refractivity contribution in [1.82, 2.24) is 5.32 Å². The number of hydrogen-bond acceptors (Lipinski definition) is 2. The second kappa shape index (κ2) is 7.55. The summed E-state index contributed by atoms with van der Waals surface area (Å²) in [7, 11) is 1.78. The number of ether oxygens (including phenoxy) is 1. The van der Waals surface area contributed by atoms with Crippen molar-refractivity contribution in [2.75, 3.05) is 13.7 Å². The first-order chi connectivity index (χ1) is 8.58. The van der Waals surface area contributed by atoms with Crippen LogP contribution in [-0.2, 0) is 4.74 Å². The van der Waals surface area contributed by atoms with Gasteiger partial charge in [0.25, 0.3) is 0 Å². The minimum atomic E-state index is 0.278. The van der Waals surface area contributed by atoms with E-state index >= 15 is 0 Å². The Morgan fingerprint density at radius 1 is 1.28 bits per heavy atom. The van der Waals surface area contributed by atoms with E-state index in [1.807, 2.05) is 0 Å². The Kier molecular flexibility index (Phi) is 6.37. The molecule has 0 heterocycles. The molecule has 1 aromatic rings. The quantitative estimate of drug-likeness (QED) is 0.794. The maximum absolute atomic E-state index is 5.41. The maximum atomic E-state index is 5.41. The molecule has 0 aliphatic heterocycles. The molecule has 102 valence electrons. The Morgan fingerprint density at radius 2 is 2.00 bits per heavy atom. The molecule has 0 amide bonds. The van der Waals surface area contributed by atoms with Gasteiger partial charge in [0.1, 0.15) is 0 Å². The number of nitrogens with one attached hydrogen (secondary N) is 1. The van der Waals surface area contributed by atoms with Crippen LogP contribution in [0.4, 0.5) is 0 Å². The molecular weight excluding hydrogens is 222 g/mol. The molecule has 0 bridgehead atoms. The lowest BCUT2D eigenvalue weighted by molar-refractivity contribution is 0.100. The Labute approximate surface area is 112 Å². The van der Waals surface area contributed by atoms with E-state index in [2.05, 4.69) is 51.2 Å². The van der Waals surface area contributed by atoms with E-state index in [-0.39, 0.29) is 6.10 Å². The molecule has 2 nitrogen and oxygen atoms in total. The van der Waals surface area contributed by atoms with E-state index in [1.54, 1.807) is 7.11 Å². The average molecular weight is 249 g/mol. The van der Waals surface area contributed by atoms with Crippen LogP contribution in [0.3, 0.4) is 0 Å². The first-order valence-corrected chi connectivity index (χ1v) is 6.91. The molecule has 0 aliphatic rings. The molecule has 2 heteroatoms. The van der Waals surface area contributed by atoms with E-state index in [0.717, 1.165) is 19.4 Å². The summed E-state index contributed by atoms with van der Waals surface area (Å²) in [5.74, 6) is 0. The standard InChI is InChI=1S/C16H27NO/c1-6-9-17-16(11-14(4)18-5)15-8-7-12(2)10-13(15)3/h7-8,10,14,16-17H,6,9,11H2,1-5H3. The number of aryl methyl sites for hydroxylation is 2. The third-order valence-electron chi connectivity index (χ3n) is 3.41. The van der Waals surface area contributed by atoms with Crippen molar-refractivity contribution in [3.63, 3.8) is 0 Å². The molecule has 1 N–H and O–H groups in total. The monoisotopic (exact) mass is 249 g/mol. The van der Waals surface area contributed by atoms with E-state index in [0.29, 0.717) is 6.04 Å². The lowest BCUT2D eigenvalue weighted by Gasteiger charge is -2.24. The van der Waals surface area contributed by atoms with E-state index in [4.69, 9.17) is 4.74 Å². The van der Waals surface area contributed by atoms with Gasteiger partial charge in [-0.05, 0) is 51.3 Å².